The van der Waals surface area contributed by atoms with E-state index in [0.717, 1.165) is 12.5 Å². The Morgan fingerprint density at radius 1 is 0.950 bits per heavy atom. The lowest BCUT2D eigenvalue weighted by Gasteiger charge is -2.21. The Morgan fingerprint density at radius 2 is 1.55 bits per heavy atom. The molecule has 1 saturated heterocycles. The Hall–Kier alpha value is -0.300. The van der Waals surface area contributed by atoms with Gasteiger partial charge in [-0.3, -0.25) is 8.37 Å². The highest BCUT2D eigenvalue weighted by atomic mass is 32.2. The van der Waals surface area contributed by atoms with E-state index in [2.05, 4.69) is 4.18 Å². The molecule has 0 aromatic carbocycles. The van der Waals surface area contributed by atoms with Gasteiger partial charge in [-0.25, -0.2) is 0 Å². The maximum atomic E-state index is 11.3. The minimum absolute atomic E-state index is 0.404. The molecule has 1 heterocycles. The highest BCUT2D eigenvalue weighted by Crippen LogP contribution is 2.28. The van der Waals surface area contributed by atoms with Crippen LogP contribution >= 0.6 is 0 Å². The Bertz CT molecular complexity index is 512. The largest absolute Gasteiger partial charge is 0.373 e. The van der Waals surface area contributed by atoms with Crippen molar-refractivity contribution < 1.29 is 39.4 Å². The molecule has 1 rings (SSSR count). The first-order valence-electron chi connectivity index (χ1n) is 5.51. The van der Waals surface area contributed by atoms with Gasteiger partial charge >= 0.3 is 0 Å². The third-order valence-corrected chi connectivity index (χ3v) is 3.64. The van der Waals surface area contributed by atoms with Crippen LogP contribution < -0.4 is 0 Å². The molecule has 0 spiro atoms. The third kappa shape index (κ3) is 5.24. The van der Waals surface area contributed by atoms with E-state index in [4.69, 9.17) is 18.4 Å². The predicted molar refractivity (Wildman–Crippen MR) is 67.0 cm³/mol. The van der Waals surface area contributed by atoms with Crippen molar-refractivity contribution in [1.29, 1.82) is 0 Å². The zero-order valence-corrected chi connectivity index (χ0v) is 13.1. The first kappa shape index (κ1) is 17.8. The summed E-state index contributed by atoms with van der Waals surface area (Å²) in [5, 5.41) is 0. The van der Waals surface area contributed by atoms with Crippen LogP contribution in [0.15, 0.2) is 0 Å². The molecule has 1 fully saturated rings. The molecule has 0 bridgehead atoms. The quantitative estimate of drug-likeness (QED) is 0.523. The van der Waals surface area contributed by atoms with E-state index < -0.39 is 51.4 Å². The number of hydrogen-bond donors (Lipinski definition) is 0. The van der Waals surface area contributed by atoms with Gasteiger partial charge in [0.1, 0.15) is 18.3 Å². The summed E-state index contributed by atoms with van der Waals surface area (Å²) in [6.45, 7) is -0.404. The number of methoxy groups -OCH3 is 2. The molecule has 1 aliphatic rings. The molecule has 0 amide bonds. The SMILES string of the molecule is CO[C@H]1O[C@H](COS(C)(=O)=O)[C@@H](OS(C)(=O)=O)[C@@H]1OC. The summed E-state index contributed by atoms with van der Waals surface area (Å²) < 4.78 is 69.4. The standard InChI is InChI=1S/C9H18O9S2/c1-14-8-7(18-20(4,12)13)6(17-9(8)15-2)5-16-19(3,10)11/h6-9H,5H2,1-4H3/t6-,7-,8+,9+/m1/s1. The molecule has 20 heavy (non-hydrogen) atoms. The van der Waals surface area contributed by atoms with Gasteiger partial charge in [0, 0.05) is 14.2 Å². The van der Waals surface area contributed by atoms with Gasteiger partial charge in [0.2, 0.25) is 0 Å². The topological polar surface area (TPSA) is 114 Å². The van der Waals surface area contributed by atoms with E-state index in [-0.39, 0.29) is 0 Å². The maximum absolute atomic E-state index is 11.3. The van der Waals surface area contributed by atoms with Gasteiger partial charge in [-0.2, -0.15) is 16.8 Å². The number of hydrogen-bond acceptors (Lipinski definition) is 9. The zero-order valence-electron chi connectivity index (χ0n) is 11.5. The molecule has 120 valence electrons. The van der Waals surface area contributed by atoms with Crippen LogP contribution in [0, 0.1) is 0 Å². The second kappa shape index (κ2) is 6.64. The molecule has 0 radical (unpaired) electrons. The monoisotopic (exact) mass is 334 g/mol. The van der Waals surface area contributed by atoms with Crippen molar-refractivity contribution in [2.45, 2.75) is 24.6 Å². The lowest BCUT2D eigenvalue weighted by molar-refractivity contribution is -0.158. The highest BCUT2D eigenvalue weighted by molar-refractivity contribution is 7.86. The molecule has 0 N–H and O–H groups in total. The molecule has 9 nitrogen and oxygen atoms in total. The Kier molecular flexibility index (Phi) is 5.89. The zero-order chi connectivity index (χ0) is 15.6. The molecule has 0 unspecified atom stereocenters. The summed E-state index contributed by atoms with van der Waals surface area (Å²) in [5.74, 6) is 0. The lowest BCUT2D eigenvalue weighted by Crippen LogP contribution is -2.40. The number of rotatable bonds is 7. The van der Waals surface area contributed by atoms with Gasteiger partial charge in [-0.1, -0.05) is 0 Å². The van der Waals surface area contributed by atoms with Gasteiger partial charge in [-0.15, -0.1) is 0 Å². The summed E-state index contributed by atoms with van der Waals surface area (Å²) in [7, 11) is -4.81. The predicted octanol–water partition coefficient (Wildman–Crippen LogP) is -1.31. The minimum Gasteiger partial charge on any atom is -0.373 e. The highest BCUT2D eigenvalue weighted by Gasteiger charge is 2.48. The smallest absolute Gasteiger partial charge is 0.264 e. The van der Waals surface area contributed by atoms with Crippen molar-refractivity contribution in [3.05, 3.63) is 0 Å². The van der Waals surface area contributed by atoms with E-state index in [1.807, 2.05) is 0 Å². The molecule has 11 heteroatoms. The number of ether oxygens (including phenoxy) is 3. The van der Waals surface area contributed by atoms with Crippen LogP contribution in [0.5, 0.6) is 0 Å². The fourth-order valence-corrected chi connectivity index (χ4v) is 2.79. The molecule has 0 aliphatic carbocycles. The molecule has 0 saturated carbocycles. The van der Waals surface area contributed by atoms with Crippen LogP contribution in [0.3, 0.4) is 0 Å². The second-order valence-electron chi connectivity index (χ2n) is 4.23. The fourth-order valence-electron chi connectivity index (χ4n) is 1.77. The lowest BCUT2D eigenvalue weighted by atomic mass is 10.1. The Morgan fingerprint density at radius 3 is 1.95 bits per heavy atom. The van der Waals surface area contributed by atoms with Crippen molar-refractivity contribution in [3.63, 3.8) is 0 Å². The summed E-state index contributed by atoms with van der Waals surface area (Å²) in [6, 6.07) is 0. The molecule has 1 aliphatic heterocycles. The first-order chi connectivity index (χ1) is 9.07. The van der Waals surface area contributed by atoms with Crippen LogP contribution in [-0.2, 0) is 42.8 Å². The van der Waals surface area contributed by atoms with Gasteiger partial charge in [0.05, 0.1) is 19.1 Å². The molecule has 0 aromatic rings. The second-order valence-corrected chi connectivity index (χ2v) is 7.48. The summed E-state index contributed by atoms with van der Waals surface area (Å²) >= 11 is 0. The van der Waals surface area contributed by atoms with Crippen LogP contribution in [0.2, 0.25) is 0 Å². The van der Waals surface area contributed by atoms with Crippen LogP contribution in [-0.4, -0.2) is 74.8 Å². The van der Waals surface area contributed by atoms with Crippen molar-refractivity contribution in [2.75, 3.05) is 33.3 Å². The average molecular weight is 334 g/mol. The normalized spacial score (nSPS) is 31.6. The van der Waals surface area contributed by atoms with Gasteiger partial charge < -0.3 is 14.2 Å². The van der Waals surface area contributed by atoms with Crippen molar-refractivity contribution in [3.8, 4) is 0 Å². The van der Waals surface area contributed by atoms with Crippen LogP contribution in [0.25, 0.3) is 0 Å². The van der Waals surface area contributed by atoms with E-state index >= 15 is 0 Å². The minimum atomic E-state index is -3.79. The summed E-state index contributed by atoms with van der Waals surface area (Å²) in [4.78, 5) is 0. The van der Waals surface area contributed by atoms with E-state index in [1.54, 1.807) is 0 Å². The molecular weight excluding hydrogens is 316 g/mol. The van der Waals surface area contributed by atoms with Gasteiger partial charge in [0.25, 0.3) is 20.2 Å². The fraction of sp³-hybridized carbons (Fsp3) is 1.00. The molecule has 4 atom stereocenters. The molecular formula is C9H18O9S2. The Balaban J connectivity index is 2.89. The first-order valence-corrected chi connectivity index (χ1v) is 9.14. The Labute approximate surface area is 118 Å². The molecule has 0 aromatic heterocycles. The van der Waals surface area contributed by atoms with Gasteiger partial charge in [-0.05, 0) is 0 Å². The maximum Gasteiger partial charge on any atom is 0.264 e. The average Bonchev–Trinajstić information content (AvgIpc) is 2.60. The van der Waals surface area contributed by atoms with Crippen molar-refractivity contribution in [2.24, 2.45) is 0 Å². The van der Waals surface area contributed by atoms with Crippen molar-refractivity contribution in [1.82, 2.24) is 0 Å². The van der Waals surface area contributed by atoms with Gasteiger partial charge in [0.15, 0.2) is 6.29 Å². The van der Waals surface area contributed by atoms with Crippen molar-refractivity contribution >= 4 is 20.2 Å². The van der Waals surface area contributed by atoms with Crippen LogP contribution in [0.4, 0.5) is 0 Å². The summed E-state index contributed by atoms with van der Waals surface area (Å²) in [5.41, 5.74) is 0. The van der Waals surface area contributed by atoms with E-state index in [9.17, 15) is 16.8 Å². The summed E-state index contributed by atoms with van der Waals surface area (Å²) in [6.07, 6.45) is -2.01. The van der Waals surface area contributed by atoms with Crippen LogP contribution in [0.1, 0.15) is 0 Å². The van der Waals surface area contributed by atoms with E-state index in [0.29, 0.717) is 0 Å². The third-order valence-electron chi connectivity index (χ3n) is 2.50. The van der Waals surface area contributed by atoms with E-state index in [1.165, 1.54) is 14.2 Å².